The number of aromatic nitrogens is 2. The molecule has 1 aromatic rings. The van der Waals surface area contributed by atoms with E-state index in [9.17, 15) is 9.90 Å². The number of carbonyl (C=O) groups is 1. The molecule has 0 amide bonds. The summed E-state index contributed by atoms with van der Waals surface area (Å²) in [6.45, 7) is 0.480. The van der Waals surface area contributed by atoms with Crippen molar-refractivity contribution in [2.24, 2.45) is 5.41 Å². The third-order valence-corrected chi connectivity index (χ3v) is 3.49. The van der Waals surface area contributed by atoms with E-state index >= 15 is 0 Å². The molecule has 0 atom stereocenters. The number of aliphatic carboxylic acids is 1. The number of rotatable bonds is 3. The molecule has 0 radical (unpaired) electrons. The van der Waals surface area contributed by atoms with Crippen LogP contribution in [0.3, 0.4) is 0 Å². The van der Waals surface area contributed by atoms with Crippen molar-refractivity contribution in [1.82, 2.24) is 9.78 Å². The Bertz CT molecular complexity index is 369. The normalized spacial score (nSPS) is 19.3. The van der Waals surface area contributed by atoms with Crippen molar-refractivity contribution in [3.63, 3.8) is 0 Å². The van der Waals surface area contributed by atoms with Gasteiger partial charge in [0.1, 0.15) is 0 Å². The van der Waals surface area contributed by atoms with Crippen molar-refractivity contribution in [3.8, 4) is 0 Å². The smallest absolute Gasteiger partial charge is 0.311 e. The van der Waals surface area contributed by atoms with Crippen LogP contribution in [0.4, 0.5) is 0 Å². The molecule has 0 aromatic carbocycles. The largest absolute Gasteiger partial charge is 0.481 e. The first-order valence-corrected chi connectivity index (χ1v) is 5.83. The van der Waals surface area contributed by atoms with Crippen LogP contribution < -0.4 is 0 Å². The minimum atomic E-state index is -0.688. The molecule has 0 bridgehead atoms. The lowest BCUT2D eigenvalue weighted by molar-refractivity contribution is -0.149. The van der Waals surface area contributed by atoms with Crippen LogP contribution in [0.5, 0.6) is 0 Å². The Balaban J connectivity index is 2.17. The van der Waals surface area contributed by atoms with Gasteiger partial charge in [0.05, 0.1) is 22.6 Å². The van der Waals surface area contributed by atoms with Crippen LogP contribution >= 0.6 is 15.9 Å². The van der Waals surface area contributed by atoms with Gasteiger partial charge in [0.15, 0.2) is 0 Å². The third kappa shape index (κ3) is 2.07. The second-order valence-corrected chi connectivity index (χ2v) is 5.06. The van der Waals surface area contributed by atoms with E-state index in [-0.39, 0.29) is 0 Å². The lowest BCUT2D eigenvalue weighted by Gasteiger charge is -2.23. The Morgan fingerprint density at radius 3 is 2.73 bits per heavy atom. The summed E-state index contributed by atoms with van der Waals surface area (Å²) in [5, 5.41) is 13.4. The average Bonchev–Trinajstić information content (AvgIpc) is 2.77. The summed E-state index contributed by atoms with van der Waals surface area (Å²) in [7, 11) is 0. The average molecular weight is 273 g/mol. The number of halogens is 1. The predicted octanol–water partition coefficient (Wildman–Crippen LogP) is 2.29. The van der Waals surface area contributed by atoms with Crippen LogP contribution in [0.15, 0.2) is 16.9 Å². The van der Waals surface area contributed by atoms with E-state index in [1.165, 1.54) is 0 Å². The summed E-state index contributed by atoms with van der Waals surface area (Å²) < 4.78 is 2.60. The van der Waals surface area contributed by atoms with Gasteiger partial charge in [0.25, 0.3) is 0 Å². The second kappa shape index (κ2) is 3.96. The van der Waals surface area contributed by atoms with Gasteiger partial charge in [-0.05, 0) is 28.8 Å². The molecule has 15 heavy (non-hydrogen) atoms. The highest BCUT2D eigenvalue weighted by atomic mass is 79.9. The first kappa shape index (κ1) is 10.7. The Hall–Kier alpha value is -0.840. The molecule has 82 valence electrons. The number of hydrogen-bond donors (Lipinski definition) is 1. The summed E-state index contributed by atoms with van der Waals surface area (Å²) in [6, 6.07) is 0. The fourth-order valence-electron chi connectivity index (χ4n) is 2.23. The molecule has 1 aliphatic carbocycles. The molecule has 2 rings (SSSR count). The summed E-state index contributed by atoms with van der Waals surface area (Å²) in [4.78, 5) is 11.3. The standard InChI is InChI=1S/C10H13BrN2O2/c11-8-5-12-13(6-8)7-10(9(14)15)3-1-2-4-10/h5-6H,1-4,7H2,(H,14,15). The number of carboxylic acid groups (broad SMARTS) is 1. The van der Waals surface area contributed by atoms with Gasteiger partial charge < -0.3 is 5.11 Å². The lowest BCUT2D eigenvalue weighted by Crippen LogP contribution is -2.32. The number of nitrogens with zero attached hydrogens (tertiary/aromatic N) is 2. The van der Waals surface area contributed by atoms with Gasteiger partial charge in [0.2, 0.25) is 0 Å². The van der Waals surface area contributed by atoms with Crippen LogP contribution in [-0.2, 0) is 11.3 Å². The SMILES string of the molecule is O=C(O)C1(Cn2cc(Br)cn2)CCCC1. The van der Waals surface area contributed by atoms with Crippen LogP contribution in [0.2, 0.25) is 0 Å². The van der Waals surface area contributed by atoms with Crippen molar-refractivity contribution in [3.05, 3.63) is 16.9 Å². The molecule has 0 unspecified atom stereocenters. The zero-order valence-electron chi connectivity index (χ0n) is 8.32. The van der Waals surface area contributed by atoms with Crippen molar-refractivity contribution in [2.75, 3.05) is 0 Å². The Morgan fingerprint density at radius 2 is 2.27 bits per heavy atom. The molecule has 1 N–H and O–H groups in total. The lowest BCUT2D eigenvalue weighted by atomic mass is 9.86. The Morgan fingerprint density at radius 1 is 1.60 bits per heavy atom. The van der Waals surface area contributed by atoms with E-state index in [0.29, 0.717) is 6.54 Å². The summed E-state index contributed by atoms with van der Waals surface area (Å²) in [6.07, 6.45) is 7.05. The highest BCUT2D eigenvalue weighted by molar-refractivity contribution is 9.10. The predicted molar refractivity (Wildman–Crippen MR) is 58.5 cm³/mol. The fourth-order valence-corrected chi connectivity index (χ4v) is 2.55. The van der Waals surface area contributed by atoms with Crippen LogP contribution in [0.25, 0.3) is 0 Å². The van der Waals surface area contributed by atoms with Gasteiger partial charge in [-0.25, -0.2) is 0 Å². The first-order chi connectivity index (χ1) is 7.12. The molecular formula is C10H13BrN2O2. The maximum atomic E-state index is 11.3. The molecule has 4 nitrogen and oxygen atoms in total. The van der Waals surface area contributed by atoms with Gasteiger partial charge in [-0.1, -0.05) is 12.8 Å². The fraction of sp³-hybridized carbons (Fsp3) is 0.600. The van der Waals surface area contributed by atoms with Crippen molar-refractivity contribution < 1.29 is 9.90 Å². The maximum absolute atomic E-state index is 11.3. The zero-order chi connectivity index (χ0) is 10.9. The summed E-state index contributed by atoms with van der Waals surface area (Å²) in [5.74, 6) is -0.688. The number of carboxylic acids is 1. The molecule has 1 fully saturated rings. The highest BCUT2D eigenvalue weighted by Crippen LogP contribution is 2.39. The maximum Gasteiger partial charge on any atom is 0.311 e. The molecule has 0 saturated heterocycles. The first-order valence-electron chi connectivity index (χ1n) is 5.04. The van der Waals surface area contributed by atoms with E-state index in [0.717, 1.165) is 30.2 Å². The van der Waals surface area contributed by atoms with Crippen molar-refractivity contribution in [1.29, 1.82) is 0 Å². The van der Waals surface area contributed by atoms with E-state index < -0.39 is 11.4 Å². The van der Waals surface area contributed by atoms with Crippen LogP contribution in [0, 0.1) is 5.41 Å². The molecule has 1 saturated carbocycles. The van der Waals surface area contributed by atoms with E-state index in [1.807, 2.05) is 6.20 Å². The second-order valence-electron chi connectivity index (χ2n) is 4.15. The van der Waals surface area contributed by atoms with Gasteiger partial charge in [-0.2, -0.15) is 5.10 Å². The molecule has 5 heteroatoms. The molecule has 1 aliphatic rings. The Kier molecular flexibility index (Phi) is 2.82. The quantitative estimate of drug-likeness (QED) is 0.919. The summed E-state index contributed by atoms with van der Waals surface area (Å²) >= 11 is 3.31. The van der Waals surface area contributed by atoms with Crippen LogP contribution in [0.1, 0.15) is 25.7 Å². The van der Waals surface area contributed by atoms with Gasteiger partial charge in [-0.3, -0.25) is 9.48 Å². The van der Waals surface area contributed by atoms with E-state index in [4.69, 9.17) is 0 Å². The van der Waals surface area contributed by atoms with Gasteiger partial charge in [0, 0.05) is 6.20 Å². The van der Waals surface area contributed by atoms with Crippen molar-refractivity contribution >= 4 is 21.9 Å². The number of hydrogen-bond acceptors (Lipinski definition) is 2. The topological polar surface area (TPSA) is 55.1 Å². The van der Waals surface area contributed by atoms with E-state index in [2.05, 4.69) is 21.0 Å². The molecule has 0 spiro atoms. The molecule has 1 heterocycles. The van der Waals surface area contributed by atoms with Gasteiger partial charge >= 0.3 is 5.97 Å². The molecular weight excluding hydrogens is 260 g/mol. The minimum absolute atomic E-state index is 0.480. The van der Waals surface area contributed by atoms with E-state index in [1.54, 1.807) is 10.9 Å². The molecule has 0 aliphatic heterocycles. The molecule has 1 aromatic heterocycles. The Labute approximate surface area is 96.4 Å². The van der Waals surface area contributed by atoms with Crippen molar-refractivity contribution in [2.45, 2.75) is 32.2 Å². The van der Waals surface area contributed by atoms with Gasteiger partial charge in [-0.15, -0.1) is 0 Å². The van der Waals surface area contributed by atoms with Crippen LogP contribution in [-0.4, -0.2) is 20.9 Å². The minimum Gasteiger partial charge on any atom is -0.481 e. The zero-order valence-corrected chi connectivity index (χ0v) is 9.90. The third-order valence-electron chi connectivity index (χ3n) is 3.08. The highest BCUT2D eigenvalue weighted by Gasteiger charge is 2.41. The monoisotopic (exact) mass is 272 g/mol. The summed E-state index contributed by atoms with van der Waals surface area (Å²) in [5.41, 5.74) is -0.592.